The van der Waals surface area contributed by atoms with Crippen LogP contribution < -0.4 is 5.32 Å². The van der Waals surface area contributed by atoms with Crippen LogP contribution >= 0.6 is 11.8 Å². The van der Waals surface area contributed by atoms with Crippen molar-refractivity contribution < 1.29 is 9.53 Å². The summed E-state index contributed by atoms with van der Waals surface area (Å²) in [4.78, 5) is 23.2. The third kappa shape index (κ3) is 4.95. The molecule has 1 aromatic carbocycles. The molecule has 4 rings (SSSR count). The zero-order chi connectivity index (χ0) is 20.1. The number of ether oxygens (including phenoxy) is 1. The fourth-order valence-corrected chi connectivity index (χ4v) is 5.38. The van der Waals surface area contributed by atoms with Crippen molar-refractivity contribution in [2.24, 2.45) is 0 Å². The van der Waals surface area contributed by atoms with Gasteiger partial charge in [-0.2, -0.15) is 0 Å². The van der Waals surface area contributed by atoms with Crippen molar-refractivity contribution in [3.63, 3.8) is 0 Å². The Bertz CT molecular complexity index is 779. The number of benzene rings is 1. The average Bonchev–Trinajstić information content (AvgIpc) is 3.22. The van der Waals surface area contributed by atoms with E-state index in [9.17, 15) is 4.79 Å². The summed E-state index contributed by atoms with van der Waals surface area (Å²) >= 11 is 1.63. The highest BCUT2D eigenvalue weighted by Crippen LogP contribution is 2.34. The molecule has 0 bridgehead atoms. The first-order valence-corrected chi connectivity index (χ1v) is 11.9. The molecule has 1 unspecified atom stereocenters. The van der Waals surface area contributed by atoms with Gasteiger partial charge in [-0.1, -0.05) is 31.4 Å². The molecule has 1 aromatic heterocycles. The van der Waals surface area contributed by atoms with Gasteiger partial charge in [0, 0.05) is 25.2 Å². The number of nitrogens with zero attached hydrogens (tertiary/aromatic N) is 2. The molecular formula is C22H32N4O2S. The molecule has 2 heterocycles. The molecule has 2 fully saturated rings. The molecule has 1 amide bonds. The highest BCUT2D eigenvalue weighted by molar-refractivity contribution is 8.00. The lowest BCUT2D eigenvalue weighted by Gasteiger charge is -2.48. The smallest absolute Gasteiger partial charge is 0.230 e. The molecule has 158 valence electrons. The second-order valence-electron chi connectivity index (χ2n) is 8.25. The Morgan fingerprint density at radius 1 is 1.28 bits per heavy atom. The third-order valence-electron chi connectivity index (χ3n) is 6.34. The summed E-state index contributed by atoms with van der Waals surface area (Å²) in [6.45, 7) is 6.43. The van der Waals surface area contributed by atoms with Crippen molar-refractivity contribution in [3.8, 4) is 0 Å². The zero-order valence-corrected chi connectivity index (χ0v) is 18.1. The molecule has 7 heteroatoms. The van der Waals surface area contributed by atoms with Gasteiger partial charge in [-0.05, 0) is 31.9 Å². The number of rotatable bonds is 7. The molecule has 1 atom stereocenters. The molecule has 1 aliphatic carbocycles. The van der Waals surface area contributed by atoms with Crippen molar-refractivity contribution >= 4 is 28.7 Å². The van der Waals surface area contributed by atoms with E-state index in [1.54, 1.807) is 11.8 Å². The number of nitrogens with one attached hydrogen (secondary N) is 2. The molecule has 1 saturated carbocycles. The van der Waals surface area contributed by atoms with Gasteiger partial charge in [0.2, 0.25) is 5.91 Å². The lowest BCUT2D eigenvalue weighted by molar-refractivity contribution is -0.119. The molecule has 2 aliphatic rings. The minimum atomic E-state index is 0.118. The third-order valence-corrected chi connectivity index (χ3v) is 7.49. The van der Waals surface area contributed by atoms with E-state index in [-0.39, 0.29) is 16.7 Å². The summed E-state index contributed by atoms with van der Waals surface area (Å²) in [5.41, 5.74) is 2.14. The lowest BCUT2D eigenvalue weighted by Crippen LogP contribution is -2.59. The van der Waals surface area contributed by atoms with Gasteiger partial charge >= 0.3 is 0 Å². The maximum atomic E-state index is 12.6. The number of hydrogen-bond acceptors (Lipinski definition) is 5. The SMILES string of the molecule is CC(SCC(=O)NCC1(N2CCOCC2)CCCCC1)c1nc2ccccc2[nH]1. The van der Waals surface area contributed by atoms with Gasteiger partial charge in [0.05, 0.1) is 35.2 Å². The number of amides is 1. The summed E-state index contributed by atoms with van der Waals surface area (Å²) in [7, 11) is 0. The van der Waals surface area contributed by atoms with Gasteiger partial charge in [0.1, 0.15) is 5.82 Å². The first-order chi connectivity index (χ1) is 14.2. The number of fused-ring (bicyclic) bond motifs is 1. The number of para-hydroxylation sites is 2. The van der Waals surface area contributed by atoms with Crippen LogP contribution in [-0.4, -0.2) is 64.9 Å². The highest BCUT2D eigenvalue weighted by atomic mass is 32.2. The summed E-state index contributed by atoms with van der Waals surface area (Å²) in [6.07, 6.45) is 6.17. The Morgan fingerprint density at radius 2 is 2.03 bits per heavy atom. The minimum absolute atomic E-state index is 0.118. The molecule has 2 N–H and O–H groups in total. The number of carbonyl (C=O) groups is 1. The topological polar surface area (TPSA) is 70.2 Å². The van der Waals surface area contributed by atoms with Gasteiger partial charge in [-0.15, -0.1) is 11.8 Å². The van der Waals surface area contributed by atoms with E-state index in [4.69, 9.17) is 4.74 Å². The number of morpholine rings is 1. The first kappa shape index (κ1) is 20.7. The van der Waals surface area contributed by atoms with E-state index in [1.165, 1.54) is 32.1 Å². The largest absolute Gasteiger partial charge is 0.379 e. The van der Waals surface area contributed by atoms with Crippen molar-refractivity contribution in [2.75, 3.05) is 38.6 Å². The lowest BCUT2D eigenvalue weighted by atomic mass is 9.79. The van der Waals surface area contributed by atoms with Crippen LogP contribution in [0.2, 0.25) is 0 Å². The first-order valence-electron chi connectivity index (χ1n) is 10.8. The molecule has 0 spiro atoms. The van der Waals surface area contributed by atoms with Crippen LogP contribution in [-0.2, 0) is 9.53 Å². The van der Waals surface area contributed by atoms with E-state index in [0.717, 1.165) is 49.7 Å². The molecule has 6 nitrogen and oxygen atoms in total. The Hall–Kier alpha value is -1.57. The van der Waals surface area contributed by atoms with E-state index in [0.29, 0.717) is 5.75 Å². The fourth-order valence-electron chi connectivity index (χ4n) is 4.61. The van der Waals surface area contributed by atoms with Gasteiger partial charge in [0.15, 0.2) is 0 Å². The number of aromatic nitrogens is 2. The Kier molecular flexibility index (Phi) is 6.77. The fraction of sp³-hybridized carbons (Fsp3) is 0.636. The highest BCUT2D eigenvalue weighted by Gasteiger charge is 2.38. The Morgan fingerprint density at radius 3 is 2.79 bits per heavy atom. The minimum Gasteiger partial charge on any atom is -0.379 e. The van der Waals surface area contributed by atoms with Gasteiger partial charge in [-0.3, -0.25) is 9.69 Å². The predicted molar refractivity (Wildman–Crippen MR) is 118 cm³/mol. The number of imidazole rings is 1. The second-order valence-corrected chi connectivity index (χ2v) is 9.58. The maximum absolute atomic E-state index is 12.6. The summed E-state index contributed by atoms with van der Waals surface area (Å²) < 4.78 is 5.55. The summed E-state index contributed by atoms with van der Waals surface area (Å²) in [5, 5.41) is 3.40. The van der Waals surface area contributed by atoms with Crippen LogP contribution in [0.3, 0.4) is 0 Å². The van der Waals surface area contributed by atoms with Crippen molar-refractivity contribution in [1.29, 1.82) is 0 Å². The summed E-state index contributed by atoms with van der Waals surface area (Å²) in [6, 6.07) is 8.04. The van der Waals surface area contributed by atoms with Crippen LogP contribution in [0.5, 0.6) is 0 Å². The van der Waals surface area contributed by atoms with Crippen LogP contribution in [0.1, 0.15) is 50.1 Å². The average molecular weight is 417 g/mol. The van der Waals surface area contributed by atoms with Crippen molar-refractivity contribution in [3.05, 3.63) is 30.1 Å². The van der Waals surface area contributed by atoms with Crippen molar-refractivity contribution in [2.45, 2.75) is 49.8 Å². The molecule has 2 aromatic rings. The Balaban J connectivity index is 1.30. The molecule has 0 radical (unpaired) electrons. The van der Waals surface area contributed by atoms with Crippen LogP contribution in [0, 0.1) is 0 Å². The quantitative estimate of drug-likeness (QED) is 0.723. The maximum Gasteiger partial charge on any atom is 0.230 e. The second kappa shape index (κ2) is 9.49. The molecule has 1 saturated heterocycles. The number of hydrogen-bond donors (Lipinski definition) is 2. The van der Waals surface area contributed by atoms with E-state index in [2.05, 4.69) is 27.1 Å². The van der Waals surface area contributed by atoms with Gasteiger partial charge in [0.25, 0.3) is 0 Å². The van der Waals surface area contributed by atoms with Crippen LogP contribution in [0.15, 0.2) is 24.3 Å². The standard InChI is InChI=1S/C22H32N4O2S/c1-17(21-24-18-7-3-4-8-19(18)25-21)29-15-20(27)23-16-22(9-5-2-6-10-22)26-11-13-28-14-12-26/h3-4,7-8,17H,2,5-6,9-16H2,1H3,(H,23,27)(H,24,25). The van der Waals surface area contributed by atoms with E-state index in [1.807, 2.05) is 24.3 Å². The molecule has 29 heavy (non-hydrogen) atoms. The normalized spacial score (nSPS) is 21.1. The van der Waals surface area contributed by atoms with E-state index < -0.39 is 0 Å². The van der Waals surface area contributed by atoms with E-state index >= 15 is 0 Å². The number of aromatic amines is 1. The van der Waals surface area contributed by atoms with Crippen LogP contribution in [0.25, 0.3) is 11.0 Å². The molecular weight excluding hydrogens is 384 g/mol. The predicted octanol–water partition coefficient (Wildman–Crippen LogP) is 3.51. The van der Waals surface area contributed by atoms with Gasteiger partial charge < -0.3 is 15.0 Å². The van der Waals surface area contributed by atoms with Crippen LogP contribution in [0.4, 0.5) is 0 Å². The van der Waals surface area contributed by atoms with Gasteiger partial charge in [-0.25, -0.2) is 4.98 Å². The number of H-pyrrole nitrogens is 1. The number of thioether (sulfide) groups is 1. The monoisotopic (exact) mass is 416 g/mol. The van der Waals surface area contributed by atoms with Crippen molar-refractivity contribution in [1.82, 2.24) is 20.2 Å². The molecule has 1 aliphatic heterocycles. The summed E-state index contributed by atoms with van der Waals surface area (Å²) in [5.74, 6) is 1.51. The Labute approximate surface area is 177 Å². The number of carbonyl (C=O) groups excluding carboxylic acids is 1. The zero-order valence-electron chi connectivity index (χ0n) is 17.3.